The van der Waals surface area contributed by atoms with E-state index in [0.29, 0.717) is 25.7 Å². The fourth-order valence-corrected chi connectivity index (χ4v) is 5.83. The number of ether oxygens (including phenoxy) is 1. The molecule has 1 aliphatic heterocycles. The van der Waals surface area contributed by atoms with Crippen LogP contribution >= 0.6 is 0 Å². The van der Waals surface area contributed by atoms with E-state index >= 15 is 0 Å². The van der Waals surface area contributed by atoms with Gasteiger partial charge in [-0.3, -0.25) is 24.1 Å². The van der Waals surface area contributed by atoms with Crippen molar-refractivity contribution in [3.05, 3.63) is 47.8 Å². The molecule has 4 atom stereocenters. The molecule has 3 aliphatic carbocycles. The number of halogens is 1. The zero-order chi connectivity index (χ0) is 21.7. The van der Waals surface area contributed by atoms with Crippen molar-refractivity contribution in [2.75, 3.05) is 6.61 Å². The summed E-state index contributed by atoms with van der Waals surface area (Å²) in [5.41, 5.74) is 0.290. The molecule has 7 heteroatoms. The van der Waals surface area contributed by atoms with Gasteiger partial charge in [-0.15, -0.1) is 0 Å². The molecule has 2 saturated carbocycles. The maximum Gasteiger partial charge on any atom is 0.309 e. The van der Waals surface area contributed by atoms with Crippen molar-refractivity contribution in [2.45, 2.75) is 38.1 Å². The van der Waals surface area contributed by atoms with E-state index in [2.05, 4.69) is 12.2 Å². The standard InChI is InChI=1S/C24H24FNO5/c25-17-7-3-13(4-8-17)19(27)12-31-24(30)14-5-9-18(10-6-14)26-22(28)20-15-1-2-16(11-15)21(20)23(26)29/h1-4,7-8,14-16,18,20-21H,5-6,9-12H2. The molecule has 3 fully saturated rings. The smallest absolute Gasteiger partial charge is 0.309 e. The highest BCUT2D eigenvalue weighted by Crippen LogP contribution is 2.53. The van der Waals surface area contributed by atoms with E-state index in [4.69, 9.17) is 4.74 Å². The summed E-state index contributed by atoms with van der Waals surface area (Å²) in [5.74, 6) is -1.67. The minimum atomic E-state index is -0.438. The summed E-state index contributed by atoms with van der Waals surface area (Å²) < 4.78 is 18.2. The topological polar surface area (TPSA) is 80.8 Å². The Morgan fingerprint density at radius 3 is 2.10 bits per heavy atom. The number of imide groups is 1. The van der Waals surface area contributed by atoms with Crippen LogP contribution in [0.2, 0.25) is 0 Å². The largest absolute Gasteiger partial charge is 0.457 e. The molecule has 0 radical (unpaired) electrons. The van der Waals surface area contributed by atoms with Gasteiger partial charge in [-0.1, -0.05) is 12.2 Å². The predicted molar refractivity (Wildman–Crippen MR) is 107 cm³/mol. The minimum absolute atomic E-state index is 0.0391. The van der Waals surface area contributed by atoms with Crippen LogP contribution in [0.1, 0.15) is 42.5 Å². The SMILES string of the molecule is O=C(COC(=O)C1CCC(N2C(=O)C3C4C=CC(C4)C3C2=O)CC1)c1ccc(F)cc1. The van der Waals surface area contributed by atoms with Crippen LogP contribution in [0.3, 0.4) is 0 Å². The van der Waals surface area contributed by atoms with Crippen molar-refractivity contribution >= 4 is 23.6 Å². The van der Waals surface area contributed by atoms with Crippen molar-refractivity contribution < 1.29 is 28.3 Å². The molecule has 4 unspecified atom stereocenters. The quantitative estimate of drug-likeness (QED) is 0.314. The second-order valence-corrected chi connectivity index (χ2v) is 9.09. The molecule has 2 amide bonds. The Morgan fingerprint density at radius 2 is 1.52 bits per heavy atom. The van der Waals surface area contributed by atoms with Gasteiger partial charge in [0.1, 0.15) is 5.82 Å². The van der Waals surface area contributed by atoms with E-state index in [9.17, 15) is 23.6 Å². The number of ketones is 1. The molecule has 1 aromatic carbocycles. The van der Waals surface area contributed by atoms with Crippen LogP contribution in [0.15, 0.2) is 36.4 Å². The summed E-state index contributed by atoms with van der Waals surface area (Å²) in [6.07, 6.45) is 7.27. The molecule has 162 valence electrons. The average Bonchev–Trinajstić information content (AvgIpc) is 3.46. The lowest BCUT2D eigenvalue weighted by atomic mass is 9.85. The Morgan fingerprint density at radius 1 is 0.935 bits per heavy atom. The van der Waals surface area contributed by atoms with Crippen molar-refractivity contribution in [2.24, 2.45) is 29.6 Å². The van der Waals surface area contributed by atoms with Crippen molar-refractivity contribution in [3.8, 4) is 0 Å². The van der Waals surface area contributed by atoms with E-state index < -0.39 is 11.8 Å². The number of hydrogen-bond acceptors (Lipinski definition) is 5. The number of rotatable bonds is 5. The number of fused-ring (bicyclic) bond motifs is 5. The van der Waals surface area contributed by atoms with E-state index in [1.807, 2.05) is 0 Å². The Labute approximate surface area is 179 Å². The second-order valence-electron chi connectivity index (χ2n) is 9.09. The summed E-state index contributed by atoms with van der Waals surface area (Å²) in [6.45, 7) is -0.382. The van der Waals surface area contributed by atoms with E-state index in [1.54, 1.807) is 0 Å². The Hall–Kier alpha value is -2.83. The predicted octanol–water partition coefficient (Wildman–Crippen LogP) is 2.92. The molecule has 1 aromatic rings. The minimum Gasteiger partial charge on any atom is -0.457 e. The lowest BCUT2D eigenvalue weighted by Gasteiger charge is -2.33. The van der Waals surface area contributed by atoms with Crippen LogP contribution < -0.4 is 0 Å². The summed E-state index contributed by atoms with van der Waals surface area (Å²) in [5, 5.41) is 0. The Balaban J connectivity index is 1.13. The third kappa shape index (κ3) is 3.40. The molecule has 6 nitrogen and oxygen atoms in total. The summed E-state index contributed by atoms with van der Waals surface area (Å²) in [4.78, 5) is 51.9. The van der Waals surface area contributed by atoms with Gasteiger partial charge in [0.2, 0.25) is 11.8 Å². The number of nitrogens with zero attached hydrogens (tertiary/aromatic N) is 1. The number of hydrogen-bond donors (Lipinski definition) is 0. The molecule has 4 aliphatic rings. The normalized spacial score (nSPS) is 33.6. The van der Waals surface area contributed by atoms with Crippen LogP contribution in [-0.2, 0) is 19.1 Å². The zero-order valence-electron chi connectivity index (χ0n) is 17.0. The Bertz CT molecular complexity index is 933. The van der Waals surface area contributed by atoms with Gasteiger partial charge in [-0.25, -0.2) is 4.39 Å². The summed E-state index contributed by atoms with van der Waals surface area (Å²) in [6, 6.07) is 4.94. The first-order valence-corrected chi connectivity index (χ1v) is 10.9. The zero-order valence-corrected chi connectivity index (χ0v) is 17.0. The molecule has 0 spiro atoms. The fourth-order valence-electron chi connectivity index (χ4n) is 5.83. The maximum absolute atomic E-state index is 13.0. The number of esters is 1. The van der Waals surface area contributed by atoms with E-state index in [-0.39, 0.29) is 65.4 Å². The third-order valence-corrected chi connectivity index (χ3v) is 7.41. The van der Waals surface area contributed by atoms with Gasteiger partial charge in [-0.2, -0.15) is 0 Å². The Kier molecular flexibility index (Phi) is 4.99. The summed E-state index contributed by atoms with van der Waals surface area (Å²) >= 11 is 0. The molecular formula is C24H24FNO5. The molecule has 0 N–H and O–H groups in total. The van der Waals surface area contributed by atoms with Gasteiger partial charge in [-0.05, 0) is 68.2 Å². The fraction of sp³-hybridized carbons (Fsp3) is 0.500. The first kappa shape index (κ1) is 20.1. The van der Waals surface area contributed by atoms with Gasteiger partial charge in [0.15, 0.2) is 12.4 Å². The van der Waals surface area contributed by atoms with Crippen LogP contribution in [-0.4, -0.2) is 41.1 Å². The number of Topliss-reactive ketones (excluding diaryl/α,β-unsaturated/α-hetero) is 1. The van der Waals surface area contributed by atoms with Crippen LogP contribution in [0, 0.1) is 35.4 Å². The molecular weight excluding hydrogens is 401 g/mol. The first-order valence-electron chi connectivity index (χ1n) is 10.9. The first-order chi connectivity index (χ1) is 14.9. The average molecular weight is 425 g/mol. The third-order valence-electron chi connectivity index (χ3n) is 7.41. The molecule has 5 rings (SSSR count). The van der Waals surface area contributed by atoms with Crippen molar-refractivity contribution in [1.29, 1.82) is 0 Å². The lowest BCUT2D eigenvalue weighted by molar-refractivity contribution is -0.149. The molecule has 31 heavy (non-hydrogen) atoms. The van der Waals surface area contributed by atoms with Crippen LogP contribution in [0.25, 0.3) is 0 Å². The van der Waals surface area contributed by atoms with Gasteiger partial charge >= 0.3 is 5.97 Å². The highest BCUT2D eigenvalue weighted by atomic mass is 19.1. The van der Waals surface area contributed by atoms with Gasteiger partial charge < -0.3 is 4.74 Å². The van der Waals surface area contributed by atoms with Gasteiger partial charge in [0.25, 0.3) is 0 Å². The highest BCUT2D eigenvalue weighted by molar-refractivity contribution is 6.06. The number of benzene rings is 1. The molecule has 1 saturated heterocycles. The maximum atomic E-state index is 13.0. The van der Waals surface area contributed by atoms with Crippen molar-refractivity contribution in [3.63, 3.8) is 0 Å². The molecule has 0 aromatic heterocycles. The van der Waals surface area contributed by atoms with E-state index in [0.717, 1.165) is 6.42 Å². The number of carbonyl (C=O) groups is 4. The number of carbonyl (C=O) groups excluding carboxylic acids is 4. The number of likely N-dealkylation sites (tertiary alicyclic amines) is 1. The molecule has 1 heterocycles. The number of amides is 2. The van der Waals surface area contributed by atoms with Crippen LogP contribution in [0.4, 0.5) is 4.39 Å². The summed E-state index contributed by atoms with van der Waals surface area (Å²) in [7, 11) is 0. The van der Waals surface area contributed by atoms with Crippen molar-refractivity contribution in [1.82, 2.24) is 4.90 Å². The monoisotopic (exact) mass is 425 g/mol. The lowest BCUT2D eigenvalue weighted by Crippen LogP contribution is -2.44. The van der Waals surface area contributed by atoms with Gasteiger partial charge in [0, 0.05) is 11.6 Å². The highest BCUT2D eigenvalue weighted by Gasteiger charge is 2.60. The number of allylic oxidation sites excluding steroid dienone is 2. The second kappa shape index (κ2) is 7.70. The molecule has 2 bridgehead atoms. The van der Waals surface area contributed by atoms with Gasteiger partial charge in [0.05, 0.1) is 17.8 Å². The van der Waals surface area contributed by atoms with Crippen LogP contribution in [0.5, 0.6) is 0 Å². The van der Waals surface area contributed by atoms with E-state index in [1.165, 1.54) is 29.2 Å².